The van der Waals surface area contributed by atoms with E-state index >= 15 is 0 Å². The van der Waals surface area contributed by atoms with Crippen molar-refractivity contribution in [1.82, 2.24) is 10.3 Å². The highest BCUT2D eigenvalue weighted by atomic mass is 19.4. The number of halogens is 3. The number of hydrogen-bond acceptors (Lipinski definition) is 2. The van der Waals surface area contributed by atoms with Gasteiger partial charge in [0.25, 0.3) is 5.91 Å². The van der Waals surface area contributed by atoms with E-state index in [4.69, 9.17) is 0 Å². The lowest BCUT2D eigenvalue weighted by atomic mass is 9.86. The molecule has 0 aliphatic heterocycles. The van der Waals surface area contributed by atoms with Gasteiger partial charge in [0.1, 0.15) is 0 Å². The molecule has 1 aromatic heterocycles. The standard InChI is InChI=1S/C22H23F3N2O/c23-22(24,25)21(10-11-21)12-18(14-27-20(28)16-4-2-1-3-5-16)17-8-9-19(26-13-17)15-6-7-15/h1-5,8-9,13,15,18H,6-7,10-12,14H2,(H,27,28). The first kappa shape index (κ1) is 19.0. The van der Waals surface area contributed by atoms with Crippen molar-refractivity contribution in [3.05, 3.63) is 65.5 Å². The van der Waals surface area contributed by atoms with E-state index in [0.717, 1.165) is 24.1 Å². The van der Waals surface area contributed by atoms with Crippen LogP contribution >= 0.6 is 0 Å². The zero-order chi connectivity index (χ0) is 19.8. The largest absolute Gasteiger partial charge is 0.394 e. The fourth-order valence-corrected chi connectivity index (χ4v) is 3.72. The van der Waals surface area contributed by atoms with E-state index in [9.17, 15) is 18.0 Å². The summed E-state index contributed by atoms with van der Waals surface area (Å²) in [5.41, 5.74) is 0.645. The number of benzene rings is 1. The van der Waals surface area contributed by atoms with Crippen LogP contribution in [0.25, 0.3) is 0 Å². The lowest BCUT2D eigenvalue weighted by Crippen LogP contribution is -2.33. The highest BCUT2D eigenvalue weighted by molar-refractivity contribution is 5.94. The molecule has 1 atom stereocenters. The Labute approximate surface area is 162 Å². The molecule has 0 radical (unpaired) electrons. The van der Waals surface area contributed by atoms with Gasteiger partial charge in [-0.25, -0.2) is 0 Å². The van der Waals surface area contributed by atoms with Crippen molar-refractivity contribution < 1.29 is 18.0 Å². The van der Waals surface area contributed by atoms with Gasteiger partial charge >= 0.3 is 6.18 Å². The van der Waals surface area contributed by atoms with Gasteiger partial charge in [-0.1, -0.05) is 24.3 Å². The summed E-state index contributed by atoms with van der Waals surface area (Å²) in [6.07, 6.45) is 0.0339. The van der Waals surface area contributed by atoms with Crippen molar-refractivity contribution in [2.45, 2.75) is 50.1 Å². The summed E-state index contributed by atoms with van der Waals surface area (Å²) in [6, 6.07) is 12.5. The van der Waals surface area contributed by atoms with Gasteiger partial charge in [0, 0.05) is 35.8 Å². The molecule has 28 heavy (non-hydrogen) atoms. The molecule has 148 valence electrons. The first-order valence-electron chi connectivity index (χ1n) is 9.74. The van der Waals surface area contributed by atoms with Gasteiger partial charge < -0.3 is 5.32 Å². The molecular formula is C22H23F3N2O. The first-order valence-corrected chi connectivity index (χ1v) is 9.74. The monoisotopic (exact) mass is 388 g/mol. The minimum absolute atomic E-state index is 0.0178. The molecule has 0 saturated heterocycles. The van der Waals surface area contributed by atoms with Crippen LogP contribution in [0.5, 0.6) is 0 Å². The molecule has 0 bridgehead atoms. The molecule has 2 aromatic rings. The maximum atomic E-state index is 13.5. The highest BCUT2D eigenvalue weighted by Crippen LogP contribution is 2.62. The summed E-state index contributed by atoms with van der Waals surface area (Å²) in [5.74, 6) is -0.196. The third-order valence-electron chi connectivity index (χ3n) is 5.91. The van der Waals surface area contributed by atoms with Crippen LogP contribution in [0, 0.1) is 5.41 Å². The zero-order valence-corrected chi connectivity index (χ0v) is 15.5. The number of carbonyl (C=O) groups is 1. The number of nitrogens with one attached hydrogen (secondary N) is 1. The van der Waals surface area contributed by atoms with Crippen LogP contribution in [0.15, 0.2) is 48.7 Å². The van der Waals surface area contributed by atoms with Crippen LogP contribution in [0.3, 0.4) is 0 Å². The second-order valence-electron chi connectivity index (χ2n) is 8.05. The third kappa shape index (κ3) is 4.05. The SMILES string of the molecule is O=C(NCC(CC1(C(F)(F)F)CC1)c1ccc(C2CC2)nc1)c1ccccc1. The number of rotatable bonds is 7. The minimum atomic E-state index is -4.21. The quantitative estimate of drug-likeness (QED) is 0.708. The van der Waals surface area contributed by atoms with Gasteiger partial charge in [-0.15, -0.1) is 0 Å². The maximum absolute atomic E-state index is 13.5. The smallest absolute Gasteiger partial charge is 0.351 e. The molecule has 2 aliphatic carbocycles. The molecular weight excluding hydrogens is 365 g/mol. The Morgan fingerprint density at radius 3 is 2.39 bits per heavy atom. The Morgan fingerprint density at radius 1 is 1.14 bits per heavy atom. The summed E-state index contributed by atoms with van der Waals surface area (Å²) in [5, 5.41) is 2.81. The molecule has 1 unspecified atom stereocenters. The first-order chi connectivity index (χ1) is 13.4. The van der Waals surface area contributed by atoms with Crippen molar-refractivity contribution in [3.63, 3.8) is 0 Å². The van der Waals surface area contributed by atoms with Crippen molar-refractivity contribution in [2.75, 3.05) is 6.54 Å². The van der Waals surface area contributed by atoms with Gasteiger partial charge in [0.15, 0.2) is 0 Å². The van der Waals surface area contributed by atoms with Crippen LogP contribution < -0.4 is 5.32 Å². The fraction of sp³-hybridized carbons (Fsp3) is 0.455. The summed E-state index contributed by atoms with van der Waals surface area (Å²) in [4.78, 5) is 16.8. The second-order valence-corrected chi connectivity index (χ2v) is 8.05. The molecule has 1 heterocycles. The lowest BCUT2D eigenvalue weighted by molar-refractivity contribution is -0.190. The number of alkyl halides is 3. The van der Waals surface area contributed by atoms with Crippen LogP contribution in [0.2, 0.25) is 0 Å². The third-order valence-corrected chi connectivity index (χ3v) is 5.91. The molecule has 3 nitrogen and oxygen atoms in total. The Morgan fingerprint density at radius 2 is 1.86 bits per heavy atom. The van der Waals surface area contributed by atoms with Gasteiger partial charge in [-0.3, -0.25) is 9.78 Å². The fourth-order valence-electron chi connectivity index (χ4n) is 3.72. The number of pyridine rings is 1. The molecule has 4 rings (SSSR count). The number of aromatic nitrogens is 1. The van der Waals surface area contributed by atoms with Crippen LogP contribution in [-0.4, -0.2) is 23.6 Å². The summed E-state index contributed by atoms with van der Waals surface area (Å²) in [6.45, 7) is 0.163. The number of amides is 1. The van der Waals surface area contributed by atoms with Gasteiger partial charge in [0.05, 0.1) is 5.41 Å². The predicted molar refractivity (Wildman–Crippen MR) is 100 cm³/mol. The normalized spacial score (nSPS) is 19.1. The van der Waals surface area contributed by atoms with Gasteiger partial charge in [0.2, 0.25) is 0 Å². The molecule has 6 heteroatoms. The Hall–Kier alpha value is -2.37. The van der Waals surface area contributed by atoms with E-state index in [1.165, 1.54) is 0 Å². The Balaban J connectivity index is 1.50. The van der Waals surface area contributed by atoms with Crippen molar-refractivity contribution >= 4 is 5.91 Å². The number of carbonyl (C=O) groups excluding carboxylic acids is 1. The van der Waals surface area contributed by atoms with Crippen LogP contribution in [-0.2, 0) is 0 Å². The van der Waals surface area contributed by atoms with Crippen molar-refractivity contribution in [1.29, 1.82) is 0 Å². The summed E-state index contributed by atoms with van der Waals surface area (Å²) in [7, 11) is 0. The topological polar surface area (TPSA) is 42.0 Å². The lowest BCUT2D eigenvalue weighted by Gasteiger charge is -2.26. The molecule has 2 fully saturated rings. The molecule has 1 aromatic carbocycles. The molecule has 2 saturated carbocycles. The average Bonchev–Trinajstić information content (AvgIpc) is 3.59. The van der Waals surface area contributed by atoms with E-state index < -0.39 is 17.5 Å². The molecule has 1 amide bonds. The Kier molecular flexibility index (Phi) is 4.89. The molecule has 1 N–H and O–H groups in total. The predicted octanol–water partition coefficient (Wildman–Crippen LogP) is 5.21. The zero-order valence-electron chi connectivity index (χ0n) is 15.5. The van der Waals surface area contributed by atoms with Crippen molar-refractivity contribution in [3.8, 4) is 0 Å². The molecule has 0 spiro atoms. The second kappa shape index (κ2) is 7.22. The highest BCUT2D eigenvalue weighted by Gasteiger charge is 2.63. The van der Waals surface area contributed by atoms with E-state index in [1.807, 2.05) is 18.2 Å². The number of nitrogens with zero attached hydrogens (tertiary/aromatic N) is 1. The average molecular weight is 388 g/mol. The number of hydrogen-bond donors (Lipinski definition) is 1. The summed E-state index contributed by atoms with van der Waals surface area (Å²) < 4.78 is 40.5. The maximum Gasteiger partial charge on any atom is 0.394 e. The Bertz CT molecular complexity index is 825. The summed E-state index contributed by atoms with van der Waals surface area (Å²) >= 11 is 0. The van der Waals surface area contributed by atoms with E-state index in [0.29, 0.717) is 11.5 Å². The van der Waals surface area contributed by atoms with E-state index in [-0.39, 0.29) is 31.7 Å². The van der Waals surface area contributed by atoms with Crippen molar-refractivity contribution in [2.24, 2.45) is 5.41 Å². The molecule has 2 aliphatic rings. The van der Waals surface area contributed by atoms with E-state index in [2.05, 4.69) is 10.3 Å². The van der Waals surface area contributed by atoms with Gasteiger partial charge in [-0.2, -0.15) is 13.2 Å². The minimum Gasteiger partial charge on any atom is -0.351 e. The van der Waals surface area contributed by atoms with Crippen LogP contribution in [0.1, 0.15) is 65.6 Å². The van der Waals surface area contributed by atoms with Crippen LogP contribution in [0.4, 0.5) is 13.2 Å². The van der Waals surface area contributed by atoms with E-state index in [1.54, 1.807) is 30.5 Å². The van der Waals surface area contributed by atoms with Gasteiger partial charge in [-0.05, 0) is 55.9 Å².